The molecule has 0 fully saturated rings. The SMILES string of the molecule is C[S+]([O-])c1ncc2ncnc(Nc3ccc(OCc4ccccc4)cc3)c2n1. The van der Waals surface area contributed by atoms with E-state index in [1.807, 2.05) is 54.6 Å². The van der Waals surface area contributed by atoms with Crippen LogP contribution in [-0.2, 0) is 17.8 Å². The molecular weight excluding hydrogens is 374 g/mol. The third-order valence-electron chi connectivity index (χ3n) is 3.98. The molecule has 0 radical (unpaired) electrons. The molecule has 0 aliphatic heterocycles. The fraction of sp³-hybridized carbons (Fsp3) is 0.100. The van der Waals surface area contributed by atoms with Crippen molar-refractivity contribution in [3.8, 4) is 5.75 Å². The van der Waals surface area contributed by atoms with Gasteiger partial charge in [-0.15, -0.1) is 0 Å². The van der Waals surface area contributed by atoms with Crippen LogP contribution in [0.2, 0.25) is 0 Å². The average molecular weight is 391 g/mol. The minimum atomic E-state index is -1.28. The lowest BCUT2D eigenvalue weighted by molar-refractivity contribution is 0.306. The summed E-state index contributed by atoms with van der Waals surface area (Å²) in [7, 11) is 0. The number of rotatable bonds is 6. The molecule has 0 aliphatic carbocycles. The van der Waals surface area contributed by atoms with Crippen molar-refractivity contribution in [2.75, 3.05) is 11.6 Å². The van der Waals surface area contributed by atoms with Gasteiger partial charge >= 0.3 is 5.16 Å². The Morgan fingerprint density at radius 1 is 1.00 bits per heavy atom. The highest BCUT2D eigenvalue weighted by atomic mass is 32.2. The van der Waals surface area contributed by atoms with Crippen molar-refractivity contribution >= 4 is 33.7 Å². The molecule has 4 aromatic rings. The lowest BCUT2D eigenvalue weighted by Crippen LogP contribution is -2.06. The number of nitrogens with zero attached hydrogens (tertiary/aromatic N) is 4. The van der Waals surface area contributed by atoms with Gasteiger partial charge in [0.05, 0.1) is 6.20 Å². The molecule has 0 bridgehead atoms. The van der Waals surface area contributed by atoms with Gasteiger partial charge in [0.2, 0.25) is 0 Å². The van der Waals surface area contributed by atoms with E-state index in [1.165, 1.54) is 12.6 Å². The monoisotopic (exact) mass is 391 g/mol. The zero-order valence-corrected chi connectivity index (χ0v) is 15.9. The van der Waals surface area contributed by atoms with Crippen molar-refractivity contribution in [3.63, 3.8) is 0 Å². The van der Waals surface area contributed by atoms with Crippen LogP contribution in [0.3, 0.4) is 0 Å². The van der Waals surface area contributed by atoms with Crippen molar-refractivity contribution in [1.82, 2.24) is 19.9 Å². The standard InChI is InChI=1S/C20H17N5O2S/c1-28(26)20-21-11-17-18(25-20)19(23-13-22-17)24-15-7-9-16(10-8-15)27-12-14-5-3-2-4-6-14/h2-11,13H,12H2,1H3,(H,22,23,24). The Morgan fingerprint density at radius 2 is 1.79 bits per heavy atom. The van der Waals surface area contributed by atoms with E-state index in [0.29, 0.717) is 23.5 Å². The topological polar surface area (TPSA) is 95.9 Å². The molecule has 2 aromatic heterocycles. The van der Waals surface area contributed by atoms with Crippen molar-refractivity contribution in [3.05, 3.63) is 72.7 Å². The molecule has 0 saturated carbocycles. The van der Waals surface area contributed by atoms with Crippen LogP contribution < -0.4 is 10.1 Å². The van der Waals surface area contributed by atoms with Crippen LogP contribution in [0.1, 0.15) is 5.56 Å². The zero-order valence-electron chi connectivity index (χ0n) is 15.1. The lowest BCUT2D eigenvalue weighted by Gasteiger charge is -2.10. The summed E-state index contributed by atoms with van der Waals surface area (Å²) in [4.78, 5) is 16.8. The summed E-state index contributed by atoms with van der Waals surface area (Å²) >= 11 is -1.28. The van der Waals surface area contributed by atoms with E-state index >= 15 is 0 Å². The Balaban J connectivity index is 1.50. The number of nitrogens with one attached hydrogen (secondary N) is 1. The Labute approximate surface area is 165 Å². The third kappa shape index (κ3) is 4.19. The van der Waals surface area contributed by atoms with Gasteiger partial charge in [0.1, 0.15) is 36.0 Å². The number of hydrogen-bond donors (Lipinski definition) is 1. The van der Waals surface area contributed by atoms with Gasteiger partial charge in [-0.2, -0.15) is 9.97 Å². The molecule has 8 heteroatoms. The molecule has 1 unspecified atom stereocenters. The van der Waals surface area contributed by atoms with E-state index in [1.54, 1.807) is 6.20 Å². The van der Waals surface area contributed by atoms with Crippen molar-refractivity contribution in [1.29, 1.82) is 0 Å². The zero-order chi connectivity index (χ0) is 19.3. The molecule has 28 heavy (non-hydrogen) atoms. The number of fused-ring (bicyclic) bond motifs is 1. The predicted octanol–water partition coefficient (Wildman–Crippen LogP) is 3.48. The molecule has 0 aliphatic rings. The molecule has 7 nitrogen and oxygen atoms in total. The normalized spacial score (nSPS) is 11.9. The molecule has 0 spiro atoms. The highest BCUT2D eigenvalue weighted by Gasteiger charge is 2.13. The Hall–Kier alpha value is -3.23. The Kier molecular flexibility index (Phi) is 5.31. The minimum Gasteiger partial charge on any atom is -0.609 e. The van der Waals surface area contributed by atoms with E-state index < -0.39 is 11.2 Å². The summed E-state index contributed by atoms with van der Waals surface area (Å²) in [6.07, 6.45) is 4.52. The molecule has 140 valence electrons. The maximum Gasteiger partial charge on any atom is 0.343 e. The summed E-state index contributed by atoms with van der Waals surface area (Å²) in [5.41, 5.74) is 3.03. The summed E-state index contributed by atoms with van der Waals surface area (Å²) in [6.45, 7) is 0.512. The maximum atomic E-state index is 11.7. The molecule has 2 heterocycles. The Bertz CT molecular complexity index is 1070. The van der Waals surface area contributed by atoms with Crippen LogP contribution in [0.15, 0.2) is 72.3 Å². The van der Waals surface area contributed by atoms with Crippen LogP contribution in [0, 0.1) is 0 Å². The number of anilines is 2. The average Bonchev–Trinajstić information content (AvgIpc) is 2.74. The third-order valence-corrected chi connectivity index (χ3v) is 4.69. The van der Waals surface area contributed by atoms with Crippen LogP contribution in [-0.4, -0.2) is 30.7 Å². The number of hydrogen-bond acceptors (Lipinski definition) is 7. The largest absolute Gasteiger partial charge is 0.609 e. The molecule has 1 atom stereocenters. The number of ether oxygens (including phenoxy) is 1. The van der Waals surface area contributed by atoms with E-state index in [-0.39, 0.29) is 5.16 Å². The van der Waals surface area contributed by atoms with Gasteiger partial charge in [0.15, 0.2) is 5.82 Å². The van der Waals surface area contributed by atoms with E-state index in [4.69, 9.17) is 4.74 Å². The van der Waals surface area contributed by atoms with Crippen molar-refractivity contribution in [2.24, 2.45) is 0 Å². The van der Waals surface area contributed by atoms with Gasteiger partial charge in [-0.05, 0) is 29.8 Å². The quantitative estimate of drug-likeness (QED) is 0.397. The molecular formula is C20H17N5O2S. The summed E-state index contributed by atoms with van der Waals surface area (Å²) < 4.78 is 17.5. The van der Waals surface area contributed by atoms with Crippen LogP contribution in [0.25, 0.3) is 11.0 Å². The fourth-order valence-electron chi connectivity index (χ4n) is 2.58. The first kappa shape index (κ1) is 18.1. The first-order valence-corrected chi connectivity index (χ1v) is 10.1. The van der Waals surface area contributed by atoms with Gasteiger partial charge in [-0.25, -0.2) is 9.97 Å². The molecule has 4 rings (SSSR count). The smallest absolute Gasteiger partial charge is 0.343 e. The molecule has 0 amide bonds. The summed E-state index contributed by atoms with van der Waals surface area (Å²) in [6, 6.07) is 17.6. The minimum absolute atomic E-state index is 0.245. The molecule has 1 N–H and O–H groups in total. The van der Waals surface area contributed by atoms with Crippen molar-refractivity contribution < 1.29 is 9.29 Å². The van der Waals surface area contributed by atoms with E-state index in [9.17, 15) is 4.55 Å². The van der Waals surface area contributed by atoms with E-state index in [2.05, 4.69) is 25.3 Å². The first-order valence-electron chi connectivity index (χ1n) is 8.54. The maximum absolute atomic E-state index is 11.7. The lowest BCUT2D eigenvalue weighted by atomic mass is 10.2. The molecule has 2 aromatic carbocycles. The second-order valence-electron chi connectivity index (χ2n) is 5.99. The van der Waals surface area contributed by atoms with Gasteiger partial charge in [-0.1, -0.05) is 30.3 Å². The van der Waals surface area contributed by atoms with Gasteiger partial charge in [0.25, 0.3) is 0 Å². The fourth-order valence-corrected chi connectivity index (χ4v) is 3.00. The van der Waals surface area contributed by atoms with Crippen molar-refractivity contribution in [2.45, 2.75) is 11.8 Å². The van der Waals surface area contributed by atoms with Gasteiger partial charge < -0.3 is 14.6 Å². The highest BCUT2D eigenvalue weighted by molar-refractivity contribution is 7.90. The van der Waals surface area contributed by atoms with Gasteiger partial charge in [0, 0.05) is 16.9 Å². The molecule has 0 saturated heterocycles. The predicted molar refractivity (Wildman–Crippen MR) is 108 cm³/mol. The highest BCUT2D eigenvalue weighted by Crippen LogP contribution is 2.23. The Morgan fingerprint density at radius 3 is 2.54 bits per heavy atom. The van der Waals surface area contributed by atoms with E-state index in [0.717, 1.165) is 17.0 Å². The summed E-state index contributed by atoms with van der Waals surface area (Å²) in [5, 5.41) is 3.46. The first-order chi connectivity index (χ1) is 13.7. The second kappa shape index (κ2) is 8.20. The summed E-state index contributed by atoms with van der Waals surface area (Å²) in [5.74, 6) is 1.30. The number of aromatic nitrogens is 4. The van der Waals surface area contributed by atoms with Crippen LogP contribution in [0.5, 0.6) is 5.75 Å². The van der Waals surface area contributed by atoms with Gasteiger partial charge in [-0.3, -0.25) is 0 Å². The number of benzene rings is 2. The second-order valence-corrected chi connectivity index (χ2v) is 7.26. The van der Waals surface area contributed by atoms with Crippen LogP contribution >= 0.6 is 0 Å². The van der Waals surface area contributed by atoms with Crippen LogP contribution in [0.4, 0.5) is 11.5 Å².